The molecule has 0 radical (unpaired) electrons. The molecule has 2 aromatic rings. The lowest BCUT2D eigenvalue weighted by Gasteiger charge is -2.15. The number of carbonyl (C=O) groups is 1. The largest absolute Gasteiger partial charge is 0.493 e. The fourth-order valence-corrected chi connectivity index (χ4v) is 3.06. The maximum Gasteiger partial charge on any atom is 0.261 e. The van der Waals surface area contributed by atoms with Crippen molar-refractivity contribution in [2.24, 2.45) is 5.92 Å². The second-order valence-electron chi connectivity index (χ2n) is 7.51. The van der Waals surface area contributed by atoms with Crippen molar-refractivity contribution < 1.29 is 14.3 Å². The fourth-order valence-electron chi connectivity index (χ4n) is 3.06. The number of hydrogen-bond acceptors (Lipinski definition) is 5. The van der Waals surface area contributed by atoms with E-state index in [0.29, 0.717) is 47.7 Å². The van der Waals surface area contributed by atoms with Crippen molar-refractivity contribution >= 4 is 16.8 Å². The Morgan fingerprint density at radius 1 is 1.14 bits per heavy atom. The van der Waals surface area contributed by atoms with Crippen LogP contribution >= 0.6 is 0 Å². The zero-order chi connectivity index (χ0) is 20.7. The Morgan fingerprint density at radius 2 is 1.82 bits per heavy atom. The van der Waals surface area contributed by atoms with E-state index in [1.807, 2.05) is 6.92 Å². The van der Waals surface area contributed by atoms with E-state index in [9.17, 15) is 9.59 Å². The average molecular weight is 389 g/mol. The topological polar surface area (TPSA) is 82.5 Å². The minimum atomic E-state index is -0.156. The van der Waals surface area contributed by atoms with Crippen LogP contribution in [-0.2, 0) is 11.3 Å². The monoisotopic (exact) mass is 389 g/mol. The molecule has 0 saturated heterocycles. The molecule has 1 heterocycles. The molecule has 0 bridgehead atoms. The first-order chi connectivity index (χ1) is 13.3. The number of fused-ring (bicyclic) bond motifs is 1. The van der Waals surface area contributed by atoms with Crippen molar-refractivity contribution in [2.45, 2.75) is 59.0 Å². The zero-order valence-corrected chi connectivity index (χ0v) is 17.4. The summed E-state index contributed by atoms with van der Waals surface area (Å²) in [6.07, 6.45) is 4.53. The first kappa shape index (κ1) is 21.7. The molecular weight excluding hydrogens is 358 g/mol. The number of aryl methyl sites for hydroxylation is 1. The van der Waals surface area contributed by atoms with Crippen molar-refractivity contribution in [2.75, 3.05) is 14.2 Å². The maximum absolute atomic E-state index is 12.7. The highest BCUT2D eigenvalue weighted by atomic mass is 16.5. The van der Waals surface area contributed by atoms with E-state index in [1.165, 1.54) is 18.0 Å². The number of hydrogen-bond donors (Lipinski definition) is 1. The summed E-state index contributed by atoms with van der Waals surface area (Å²) in [6, 6.07) is 3.50. The summed E-state index contributed by atoms with van der Waals surface area (Å²) in [7, 11) is 3.07. The first-order valence-corrected chi connectivity index (χ1v) is 9.76. The van der Waals surface area contributed by atoms with Gasteiger partial charge in [-0.3, -0.25) is 14.2 Å². The fraction of sp³-hybridized carbons (Fsp3) is 0.571. The number of amides is 1. The molecule has 1 amide bonds. The summed E-state index contributed by atoms with van der Waals surface area (Å²) in [5.74, 6) is 1.67. The van der Waals surface area contributed by atoms with Crippen LogP contribution in [0.25, 0.3) is 10.9 Å². The van der Waals surface area contributed by atoms with Crippen LogP contribution in [0.15, 0.2) is 23.3 Å². The van der Waals surface area contributed by atoms with Gasteiger partial charge in [0.1, 0.15) is 0 Å². The van der Waals surface area contributed by atoms with E-state index in [1.54, 1.807) is 19.2 Å². The molecule has 1 aromatic heterocycles. The van der Waals surface area contributed by atoms with Crippen LogP contribution in [0.5, 0.6) is 11.5 Å². The van der Waals surface area contributed by atoms with Gasteiger partial charge in [-0.15, -0.1) is 0 Å². The second kappa shape index (κ2) is 10.1. The van der Waals surface area contributed by atoms with Gasteiger partial charge in [0.2, 0.25) is 5.91 Å². The van der Waals surface area contributed by atoms with E-state index in [4.69, 9.17) is 9.47 Å². The van der Waals surface area contributed by atoms with E-state index in [2.05, 4.69) is 24.1 Å². The molecule has 7 nitrogen and oxygen atoms in total. The lowest BCUT2D eigenvalue weighted by molar-refractivity contribution is -0.121. The van der Waals surface area contributed by atoms with Gasteiger partial charge in [-0.05, 0) is 38.2 Å². The number of nitrogens with zero attached hydrogens (tertiary/aromatic N) is 2. The molecule has 0 aliphatic heterocycles. The summed E-state index contributed by atoms with van der Waals surface area (Å²) in [6.45, 7) is 6.81. The molecule has 0 aliphatic carbocycles. The molecule has 1 aromatic carbocycles. The van der Waals surface area contributed by atoms with Crippen molar-refractivity contribution in [3.8, 4) is 11.5 Å². The summed E-state index contributed by atoms with van der Waals surface area (Å²) >= 11 is 0. The molecule has 0 fully saturated rings. The summed E-state index contributed by atoms with van der Waals surface area (Å²) in [4.78, 5) is 29.2. The predicted octanol–water partition coefficient (Wildman–Crippen LogP) is 3.13. The SMILES string of the molecule is COc1cc2ncn(CCCC(=O)NC(C)CCC(C)C)c(=O)c2cc1OC. The van der Waals surface area contributed by atoms with Crippen molar-refractivity contribution in [3.05, 3.63) is 28.8 Å². The van der Waals surface area contributed by atoms with Crippen LogP contribution in [0.3, 0.4) is 0 Å². The number of methoxy groups -OCH3 is 2. The van der Waals surface area contributed by atoms with Crippen LogP contribution in [0, 0.1) is 5.92 Å². The molecule has 0 saturated carbocycles. The highest BCUT2D eigenvalue weighted by Gasteiger charge is 2.12. The van der Waals surface area contributed by atoms with Crippen molar-refractivity contribution in [1.29, 1.82) is 0 Å². The lowest BCUT2D eigenvalue weighted by atomic mass is 10.0. The van der Waals surface area contributed by atoms with Gasteiger partial charge in [0.15, 0.2) is 11.5 Å². The molecular formula is C21H31N3O4. The molecule has 7 heteroatoms. The van der Waals surface area contributed by atoms with Gasteiger partial charge in [0.05, 0.1) is 31.4 Å². The molecule has 1 atom stereocenters. The Kier molecular flexibility index (Phi) is 7.84. The van der Waals surface area contributed by atoms with Crippen LogP contribution in [0.4, 0.5) is 0 Å². The average Bonchev–Trinajstić information content (AvgIpc) is 2.67. The lowest BCUT2D eigenvalue weighted by Crippen LogP contribution is -2.33. The standard InChI is InChI=1S/C21H31N3O4/c1-14(2)8-9-15(3)23-20(25)7-6-10-24-13-22-17-12-19(28-5)18(27-4)11-16(17)21(24)26/h11-15H,6-10H2,1-5H3,(H,23,25). The van der Waals surface area contributed by atoms with Crippen LogP contribution in [0.2, 0.25) is 0 Å². The van der Waals surface area contributed by atoms with Crippen LogP contribution < -0.4 is 20.3 Å². The molecule has 154 valence electrons. The van der Waals surface area contributed by atoms with Gasteiger partial charge in [-0.2, -0.15) is 0 Å². The minimum absolute atomic E-state index is 0.0180. The quantitative estimate of drug-likeness (QED) is 0.675. The Morgan fingerprint density at radius 3 is 2.46 bits per heavy atom. The summed E-state index contributed by atoms with van der Waals surface area (Å²) < 4.78 is 12.1. The third-order valence-electron chi connectivity index (χ3n) is 4.72. The number of nitrogens with one attached hydrogen (secondary N) is 1. The minimum Gasteiger partial charge on any atom is -0.493 e. The van der Waals surface area contributed by atoms with Gasteiger partial charge in [-0.1, -0.05) is 13.8 Å². The first-order valence-electron chi connectivity index (χ1n) is 9.76. The molecule has 0 aliphatic rings. The third-order valence-corrected chi connectivity index (χ3v) is 4.72. The Bertz CT molecular complexity index is 861. The summed E-state index contributed by atoms with van der Waals surface area (Å²) in [5.41, 5.74) is 0.396. The second-order valence-corrected chi connectivity index (χ2v) is 7.51. The molecule has 2 rings (SSSR count). The van der Waals surface area contributed by atoms with Gasteiger partial charge < -0.3 is 14.8 Å². The number of carbonyl (C=O) groups excluding carboxylic acids is 1. The van der Waals surface area contributed by atoms with Crippen molar-refractivity contribution in [3.63, 3.8) is 0 Å². The van der Waals surface area contributed by atoms with E-state index >= 15 is 0 Å². The van der Waals surface area contributed by atoms with Crippen LogP contribution in [-0.4, -0.2) is 35.7 Å². The highest BCUT2D eigenvalue weighted by Crippen LogP contribution is 2.29. The Balaban J connectivity index is 1.98. The Labute approximate surface area is 166 Å². The van der Waals surface area contributed by atoms with Crippen LogP contribution in [0.1, 0.15) is 46.5 Å². The third kappa shape index (κ3) is 5.71. The summed E-state index contributed by atoms with van der Waals surface area (Å²) in [5, 5.41) is 3.49. The van der Waals surface area contributed by atoms with Gasteiger partial charge in [0.25, 0.3) is 5.56 Å². The predicted molar refractivity (Wildman–Crippen MR) is 110 cm³/mol. The molecule has 0 spiro atoms. The highest BCUT2D eigenvalue weighted by molar-refractivity contribution is 5.81. The smallest absolute Gasteiger partial charge is 0.261 e. The van der Waals surface area contributed by atoms with Gasteiger partial charge in [0, 0.05) is 25.1 Å². The number of rotatable bonds is 10. The normalized spacial score (nSPS) is 12.2. The molecule has 28 heavy (non-hydrogen) atoms. The number of benzene rings is 1. The van der Waals surface area contributed by atoms with Gasteiger partial charge >= 0.3 is 0 Å². The van der Waals surface area contributed by atoms with Gasteiger partial charge in [-0.25, -0.2) is 4.98 Å². The maximum atomic E-state index is 12.7. The van der Waals surface area contributed by atoms with Crippen molar-refractivity contribution in [1.82, 2.24) is 14.9 Å². The number of aromatic nitrogens is 2. The van der Waals surface area contributed by atoms with E-state index < -0.39 is 0 Å². The molecule has 1 unspecified atom stereocenters. The number of ether oxygens (including phenoxy) is 2. The zero-order valence-electron chi connectivity index (χ0n) is 17.4. The van der Waals surface area contributed by atoms with E-state index in [-0.39, 0.29) is 17.5 Å². The Hall–Kier alpha value is -2.57. The molecule has 1 N–H and O–H groups in total. The van der Waals surface area contributed by atoms with E-state index in [0.717, 1.165) is 12.8 Å².